The van der Waals surface area contributed by atoms with Crippen LogP contribution in [-0.4, -0.2) is 15.7 Å². The van der Waals surface area contributed by atoms with Gasteiger partial charge in [0, 0.05) is 11.2 Å². The molecule has 7 heteroatoms. The fourth-order valence-corrected chi connectivity index (χ4v) is 2.44. The highest BCUT2D eigenvalue weighted by molar-refractivity contribution is 6.44. The van der Waals surface area contributed by atoms with Crippen molar-refractivity contribution in [3.05, 3.63) is 75.5 Å². The molecule has 0 spiro atoms. The minimum Gasteiger partial charge on any atom is -0.320 e. The van der Waals surface area contributed by atoms with Crippen LogP contribution in [0, 0.1) is 0 Å². The Balaban J connectivity index is 1.81. The molecular weight excluding hydrogens is 357 g/mol. The maximum absolute atomic E-state index is 12.3. The molecule has 0 saturated heterocycles. The van der Waals surface area contributed by atoms with Gasteiger partial charge in [-0.3, -0.25) is 4.79 Å². The van der Waals surface area contributed by atoms with Crippen molar-refractivity contribution in [1.29, 1.82) is 0 Å². The molecule has 2 aromatic carbocycles. The second-order valence-electron chi connectivity index (χ2n) is 4.71. The summed E-state index contributed by atoms with van der Waals surface area (Å²) < 4.78 is 1.59. The van der Waals surface area contributed by atoms with Gasteiger partial charge in [-0.15, -0.1) is 0 Å². The summed E-state index contributed by atoms with van der Waals surface area (Å²) in [5.74, 6) is -0.325. The normalized spacial score (nSPS) is 10.6. The first kappa shape index (κ1) is 15.9. The molecule has 0 atom stereocenters. The molecule has 0 radical (unpaired) electrons. The van der Waals surface area contributed by atoms with Gasteiger partial charge in [0.2, 0.25) is 0 Å². The van der Waals surface area contributed by atoms with Gasteiger partial charge in [0.05, 0.1) is 33.2 Å². The van der Waals surface area contributed by atoms with E-state index in [2.05, 4.69) is 10.4 Å². The average molecular weight is 367 g/mol. The fraction of sp³-hybridized carbons (Fsp3) is 0. The molecule has 116 valence electrons. The second kappa shape index (κ2) is 6.62. The van der Waals surface area contributed by atoms with Crippen molar-refractivity contribution in [2.45, 2.75) is 0 Å². The first-order chi connectivity index (χ1) is 11.0. The van der Waals surface area contributed by atoms with E-state index in [1.54, 1.807) is 41.2 Å². The summed E-state index contributed by atoms with van der Waals surface area (Å²) in [5.41, 5.74) is 1.65. The summed E-state index contributed by atoms with van der Waals surface area (Å²) in [6.45, 7) is 0. The minimum absolute atomic E-state index is 0.299. The number of carbonyl (C=O) groups excluding carboxylic acids is 1. The number of rotatable bonds is 3. The smallest absolute Gasteiger partial charge is 0.258 e. The quantitative estimate of drug-likeness (QED) is 0.702. The predicted molar refractivity (Wildman–Crippen MR) is 93.0 cm³/mol. The summed E-state index contributed by atoms with van der Waals surface area (Å²) in [7, 11) is 0. The molecule has 3 rings (SSSR count). The van der Waals surface area contributed by atoms with Crippen LogP contribution in [0.25, 0.3) is 5.69 Å². The van der Waals surface area contributed by atoms with Gasteiger partial charge in [-0.05, 0) is 36.4 Å². The number of halogens is 3. The van der Waals surface area contributed by atoms with E-state index in [0.29, 0.717) is 26.3 Å². The van der Waals surface area contributed by atoms with Crippen LogP contribution in [0.3, 0.4) is 0 Å². The standard InChI is InChI=1S/C16H10Cl3N3O/c17-11-4-6-12(7-5-11)22-9-10(8-20-22)16(23)21-14-3-1-2-13(18)15(14)19/h1-9H,(H,21,23). The van der Waals surface area contributed by atoms with E-state index >= 15 is 0 Å². The summed E-state index contributed by atoms with van der Waals surface area (Å²) in [4.78, 5) is 12.3. The van der Waals surface area contributed by atoms with Crippen molar-refractivity contribution >= 4 is 46.4 Å². The number of nitrogens with one attached hydrogen (secondary N) is 1. The van der Waals surface area contributed by atoms with Crippen molar-refractivity contribution in [3.8, 4) is 5.69 Å². The van der Waals surface area contributed by atoms with Crippen LogP contribution in [0.5, 0.6) is 0 Å². The molecule has 3 aromatic rings. The van der Waals surface area contributed by atoms with Gasteiger partial charge in [-0.1, -0.05) is 40.9 Å². The highest BCUT2D eigenvalue weighted by Crippen LogP contribution is 2.29. The van der Waals surface area contributed by atoms with Crippen LogP contribution in [0.4, 0.5) is 5.69 Å². The third kappa shape index (κ3) is 3.50. The molecule has 0 aliphatic carbocycles. The zero-order valence-electron chi connectivity index (χ0n) is 11.6. The van der Waals surface area contributed by atoms with Crippen LogP contribution in [0.15, 0.2) is 54.9 Å². The largest absolute Gasteiger partial charge is 0.320 e. The number of hydrogen-bond donors (Lipinski definition) is 1. The third-order valence-corrected chi connectivity index (χ3v) is 4.21. The zero-order chi connectivity index (χ0) is 16.4. The molecular formula is C16H10Cl3N3O. The van der Waals surface area contributed by atoms with Gasteiger partial charge in [-0.25, -0.2) is 4.68 Å². The predicted octanol–water partition coefficient (Wildman–Crippen LogP) is 5.08. The summed E-state index contributed by atoms with van der Waals surface area (Å²) >= 11 is 17.8. The Morgan fingerprint density at radius 2 is 1.78 bits per heavy atom. The maximum Gasteiger partial charge on any atom is 0.258 e. The highest BCUT2D eigenvalue weighted by atomic mass is 35.5. The van der Waals surface area contributed by atoms with E-state index in [0.717, 1.165) is 5.69 Å². The topological polar surface area (TPSA) is 46.9 Å². The Kier molecular flexibility index (Phi) is 4.57. The van der Waals surface area contributed by atoms with Crippen molar-refractivity contribution in [2.24, 2.45) is 0 Å². The van der Waals surface area contributed by atoms with E-state index in [9.17, 15) is 4.79 Å². The number of nitrogens with zero attached hydrogens (tertiary/aromatic N) is 2. The molecule has 1 aromatic heterocycles. The Labute approximate surface area is 147 Å². The second-order valence-corrected chi connectivity index (χ2v) is 5.93. The summed E-state index contributed by atoms with van der Waals surface area (Å²) in [6.07, 6.45) is 3.10. The lowest BCUT2D eigenvalue weighted by Gasteiger charge is -2.06. The number of amides is 1. The minimum atomic E-state index is -0.325. The van der Waals surface area contributed by atoms with Crippen molar-refractivity contribution in [3.63, 3.8) is 0 Å². The van der Waals surface area contributed by atoms with Gasteiger partial charge in [0.15, 0.2) is 0 Å². The lowest BCUT2D eigenvalue weighted by molar-refractivity contribution is 0.102. The molecule has 0 aliphatic rings. The number of carbonyl (C=O) groups is 1. The molecule has 23 heavy (non-hydrogen) atoms. The lowest BCUT2D eigenvalue weighted by Crippen LogP contribution is -2.11. The maximum atomic E-state index is 12.3. The zero-order valence-corrected chi connectivity index (χ0v) is 13.9. The highest BCUT2D eigenvalue weighted by Gasteiger charge is 2.12. The Bertz CT molecular complexity index is 859. The number of hydrogen-bond acceptors (Lipinski definition) is 2. The fourth-order valence-electron chi connectivity index (χ4n) is 1.97. The third-order valence-electron chi connectivity index (χ3n) is 3.14. The van der Waals surface area contributed by atoms with Crippen molar-refractivity contribution < 1.29 is 4.79 Å². The van der Waals surface area contributed by atoms with Crippen LogP contribution >= 0.6 is 34.8 Å². The van der Waals surface area contributed by atoms with Crippen LogP contribution in [-0.2, 0) is 0 Å². The first-order valence-electron chi connectivity index (χ1n) is 6.60. The van der Waals surface area contributed by atoms with Gasteiger partial charge in [0.25, 0.3) is 5.91 Å². The molecule has 1 amide bonds. The van der Waals surface area contributed by atoms with Crippen LogP contribution in [0.1, 0.15) is 10.4 Å². The van der Waals surface area contributed by atoms with E-state index in [-0.39, 0.29) is 5.91 Å². The molecule has 0 bridgehead atoms. The number of benzene rings is 2. The van der Waals surface area contributed by atoms with Gasteiger partial charge >= 0.3 is 0 Å². The monoisotopic (exact) mass is 365 g/mol. The van der Waals surface area contributed by atoms with Gasteiger partial charge in [-0.2, -0.15) is 5.10 Å². The first-order valence-corrected chi connectivity index (χ1v) is 7.74. The Morgan fingerprint density at radius 3 is 2.52 bits per heavy atom. The average Bonchev–Trinajstić information content (AvgIpc) is 3.02. The molecule has 0 saturated carbocycles. The summed E-state index contributed by atoms with van der Waals surface area (Å²) in [5, 5.41) is 8.19. The van der Waals surface area contributed by atoms with Gasteiger partial charge < -0.3 is 5.32 Å². The SMILES string of the molecule is O=C(Nc1cccc(Cl)c1Cl)c1cnn(-c2ccc(Cl)cc2)c1. The molecule has 0 unspecified atom stereocenters. The van der Waals surface area contributed by atoms with Gasteiger partial charge in [0.1, 0.15) is 0 Å². The van der Waals surface area contributed by atoms with E-state index in [4.69, 9.17) is 34.8 Å². The molecule has 1 heterocycles. The number of aromatic nitrogens is 2. The Hall–Kier alpha value is -2.01. The molecule has 4 nitrogen and oxygen atoms in total. The van der Waals surface area contributed by atoms with E-state index in [1.165, 1.54) is 6.20 Å². The van der Waals surface area contributed by atoms with Crippen molar-refractivity contribution in [2.75, 3.05) is 5.32 Å². The molecule has 0 fully saturated rings. The van der Waals surface area contributed by atoms with Crippen molar-refractivity contribution in [1.82, 2.24) is 9.78 Å². The van der Waals surface area contributed by atoms with E-state index in [1.807, 2.05) is 12.1 Å². The molecule has 0 aliphatic heterocycles. The molecule has 1 N–H and O–H groups in total. The Morgan fingerprint density at radius 1 is 1.04 bits per heavy atom. The van der Waals surface area contributed by atoms with Crippen LogP contribution in [0.2, 0.25) is 15.1 Å². The van der Waals surface area contributed by atoms with Crippen LogP contribution < -0.4 is 5.32 Å². The lowest BCUT2D eigenvalue weighted by atomic mass is 10.3. The van der Waals surface area contributed by atoms with E-state index < -0.39 is 0 Å². The summed E-state index contributed by atoms with van der Waals surface area (Å²) in [6, 6.07) is 12.2. The number of anilines is 1.